The van der Waals surface area contributed by atoms with Gasteiger partial charge in [-0.1, -0.05) is 59.6 Å². The highest BCUT2D eigenvalue weighted by Gasteiger charge is 2.33. The third kappa shape index (κ3) is 3.67. The van der Waals surface area contributed by atoms with Crippen molar-refractivity contribution in [1.29, 1.82) is 0 Å². The molecule has 0 saturated heterocycles. The molecule has 0 saturated carbocycles. The van der Waals surface area contributed by atoms with E-state index in [1.807, 2.05) is 55.5 Å². The first-order chi connectivity index (χ1) is 12.0. The van der Waals surface area contributed by atoms with E-state index in [2.05, 4.69) is 0 Å². The number of halogens is 2. The van der Waals surface area contributed by atoms with Crippen LogP contribution in [-0.2, 0) is 5.60 Å². The molecule has 0 spiro atoms. The maximum Gasteiger partial charge on any atom is 0.140 e. The van der Waals surface area contributed by atoms with Gasteiger partial charge in [0.2, 0.25) is 0 Å². The first-order valence-corrected chi connectivity index (χ1v) is 8.77. The van der Waals surface area contributed by atoms with E-state index >= 15 is 0 Å². The van der Waals surface area contributed by atoms with Crippen LogP contribution < -0.4 is 4.74 Å². The number of rotatable bonds is 5. The van der Waals surface area contributed by atoms with E-state index in [1.165, 1.54) is 0 Å². The van der Waals surface area contributed by atoms with Crippen LogP contribution in [0.2, 0.25) is 10.0 Å². The highest BCUT2D eigenvalue weighted by Crippen LogP contribution is 2.38. The van der Waals surface area contributed by atoms with E-state index < -0.39 is 5.60 Å². The van der Waals surface area contributed by atoms with Crippen molar-refractivity contribution >= 4 is 23.2 Å². The van der Waals surface area contributed by atoms with Crippen molar-refractivity contribution in [1.82, 2.24) is 0 Å². The summed E-state index contributed by atoms with van der Waals surface area (Å²) < 4.78 is 5.50. The monoisotopic (exact) mass is 372 g/mol. The Hall–Kier alpha value is -2.00. The van der Waals surface area contributed by atoms with Gasteiger partial charge in [-0.05, 0) is 60.0 Å². The van der Waals surface area contributed by atoms with Gasteiger partial charge in [-0.15, -0.1) is 0 Å². The summed E-state index contributed by atoms with van der Waals surface area (Å²) in [6, 6.07) is 21.8. The number of ether oxygens (including phenoxy) is 1. The molecular weight excluding hydrogens is 355 g/mol. The maximum atomic E-state index is 11.7. The zero-order valence-electron chi connectivity index (χ0n) is 13.7. The highest BCUT2D eigenvalue weighted by molar-refractivity contribution is 6.30. The van der Waals surface area contributed by atoms with Crippen LogP contribution in [-0.4, -0.2) is 11.7 Å². The minimum absolute atomic E-state index is 0.595. The molecule has 0 bridgehead atoms. The Kier molecular flexibility index (Phi) is 5.33. The Bertz CT molecular complexity index is 780. The Morgan fingerprint density at radius 3 is 1.44 bits per heavy atom. The Morgan fingerprint density at radius 1 is 0.720 bits per heavy atom. The molecule has 3 aromatic rings. The molecule has 0 heterocycles. The summed E-state index contributed by atoms with van der Waals surface area (Å²) in [6.45, 7) is 2.53. The first-order valence-electron chi connectivity index (χ1n) is 8.02. The Balaban J connectivity index is 2.14. The smallest absolute Gasteiger partial charge is 0.140 e. The molecule has 0 atom stereocenters. The fourth-order valence-electron chi connectivity index (χ4n) is 2.84. The van der Waals surface area contributed by atoms with Crippen molar-refractivity contribution in [2.24, 2.45) is 0 Å². The van der Waals surface area contributed by atoms with E-state index in [1.54, 1.807) is 24.3 Å². The van der Waals surface area contributed by atoms with Crippen molar-refractivity contribution in [3.8, 4) is 5.75 Å². The molecule has 4 heteroatoms. The molecule has 25 heavy (non-hydrogen) atoms. The molecule has 3 rings (SSSR count). The predicted molar refractivity (Wildman–Crippen MR) is 103 cm³/mol. The zero-order chi connectivity index (χ0) is 17.9. The standard InChI is InChI=1S/C21H18Cl2O2/c1-2-25-20-13-7-17(8-14-20)21(24,15-3-9-18(22)10-4-15)16-5-11-19(23)12-6-16/h3-14,24H,2H2,1H3. The van der Waals surface area contributed by atoms with Crippen LogP contribution in [0, 0.1) is 0 Å². The summed E-state index contributed by atoms with van der Waals surface area (Å²) >= 11 is 12.0. The van der Waals surface area contributed by atoms with E-state index in [9.17, 15) is 5.11 Å². The van der Waals surface area contributed by atoms with E-state index in [4.69, 9.17) is 27.9 Å². The van der Waals surface area contributed by atoms with Gasteiger partial charge in [-0.2, -0.15) is 0 Å². The van der Waals surface area contributed by atoms with Crippen LogP contribution in [0.25, 0.3) is 0 Å². The summed E-state index contributed by atoms with van der Waals surface area (Å²) in [5.74, 6) is 0.765. The number of hydrogen-bond donors (Lipinski definition) is 1. The number of benzene rings is 3. The van der Waals surface area contributed by atoms with Gasteiger partial charge in [-0.3, -0.25) is 0 Å². The molecule has 0 aliphatic rings. The van der Waals surface area contributed by atoms with Crippen LogP contribution in [0.1, 0.15) is 23.6 Å². The average Bonchev–Trinajstić information content (AvgIpc) is 2.63. The predicted octanol–water partition coefficient (Wildman–Crippen LogP) is 5.68. The summed E-state index contributed by atoms with van der Waals surface area (Å²) in [7, 11) is 0. The molecule has 0 amide bonds. The second-order valence-electron chi connectivity index (χ2n) is 5.68. The summed E-state index contributed by atoms with van der Waals surface area (Å²) in [5, 5.41) is 12.9. The number of hydrogen-bond acceptors (Lipinski definition) is 2. The van der Waals surface area contributed by atoms with Crippen molar-refractivity contribution in [3.05, 3.63) is 99.5 Å². The van der Waals surface area contributed by atoms with Crippen LogP contribution in [0.3, 0.4) is 0 Å². The maximum absolute atomic E-state index is 11.7. The third-order valence-electron chi connectivity index (χ3n) is 4.11. The van der Waals surface area contributed by atoms with Gasteiger partial charge >= 0.3 is 0 Å². The topological polar surface area (TPSA) is 29.5 Å². The lowest BCUT2D eigenvalue weighted by Gasteiger charge is -2.30. The Labute approximate surface area is 157 Å². The van der Waals surface area contributed by atoms with Gasteiger partial charge in [0.15, 0.2) is 0 Å². The SMILES string of the molecule is CCOc1ccc(C(O)(c2ccc(Cl)cc2)c2ccc(Cl)cc2)cc1. The normalized spacial score (nSPS) is 11.4. The largest absolute Gasteiger partial charge is 0.494 e. The minimum atomic E-state index is -1.32. The molecule has 0 aliphatic heterocycles. The molecule has 0 fully saturated rings. The molecule has 0 radical (unpaired) electrons. The quantitative estimate of drug-likeness (QED) is 0.584. The molecule has 2 nitrogen and oxygen atoms in total. The van der Waals surface area contributed by atoms with Gasteiger partial charge in [-0.25, -0.2) is 0 Å². The first kappa shape index (κ1) is 17.8. The van der Waals surface area contributed by atoms with Crippen LogP contribution in [0.15, 0.2) is 72.8 Å². The second kappa shape index (κ2) is 7.49. The molecular formula is C21H18Cl2O2. The van der Waals surface area contributed by atoms with Crippen molar-refractivity contribution in [2.45, 2.75) is 12.5 Å². The molecule has 128 valence electrons. The van der Waals surface area contributed by atoms with Crippen molar-refractivity contribution in [3.63, 3.8) is 0 Å². The van der Waals surface area contributed by atoms with E-state index in [0.717, 1.165) is 22.4 Å². The minimum Gasteiger partial charge on any atom is -0.494 e. The van der Waals surface area contributed by atoms with Gasteiger partial charge in [0.1, 0.15) is 11.4 Å². The lowest BCUT2D eigenvalue weighted by Crippen LogP contribution is -2.28. The molecule has 0 unspecified atom stereocenters. The summed E-state index contributed by atoms with van der Waals surface area (Å²) in [5.41, 5.74) is 0.868. The molecule has 0 aliphatic carbocycles. The fraction of sp³-hybridized carbons (Fsp3) is 0.143. The van der Waals surface area contributed by atoms with Crippen molar-refractivity contribution < 1.29 is 9.84 Å². The average molecular weight is 373 g/mol. The van der Waals surface area contributed by atoms with Crippen molar-refractivity contribution in [2.75, 3.05) is 6.61 Å². The van der Waals surface area contributed by atoms with E-state index in [0.29, 0.717) is 16.7 Å². The van der Waals surface area contributed by atoms with Gasteiger partial charge in [0.25, 0.3) is 0 Å². The Morgan fingerprint density at radius 2 is 1.08 bits per heavy atom. The number of aliphatic hydroxyl groups is 1. The van der Waals surface area contributed by atoms with Crippen LogP contribution in [0.5, 0.6) is 5.75 Å². The summed E-state index contributed by atoms with van der Waals surface area (Å²) in [4.78, 5) is 0. The highest BCUT2D eigenvalue weighted by atomic mass is 35.5. The zero-order valence-corrected chi connectivity index (χ0v) is 15.3. The molecule has 3 aromatic carbocycles. The summed E-state index contributed by atoms with van der Waals surface area (Å²) in [6.07, 6.45) is 0. The molecule has 1 N–H and O–H groups in total. The fourth-order valence-corrected chi connectivity index (χ4v) is 3.09. The lowest BCUT2D eigenvalue weighted by atomic mass is 9.80. The van der Waals surface area contributed by atoms with Crippen LogP contribution in [0.4, 0.5) is 0 Å². The lowest BCUT2D eigenvalue weighted by molar-refractivity contribution is 0.125. The third-order valence-corrected chi connectivity index (χ3v) is 4.61. The van der Waals surface area contributed by atoms with Gasteiger partial charge < -0.3 is 9.84 Å². The van der Waals surface area contributed by atoms with E-state index in [-0.39, 0.29) is 0 Å². The van der Waals surface area contributed by atoms with Gasteiger partial charge in [0, 0.05) is 10.0 Å². The van der Waals surface area contributed by atoms with Gasteiger partial charge in [0.05, 0.1) is 6.61 Å². The second-order valence-corrected chi connectivity index (χ2v) is 6.55. The molecule has 0 aromatic heterocycles. The van der Waals surface area contributed by atoms with Crippen LogP contribution >= 0.6 is 23.2 Å².